The van der Waals surface area contributed by atoms with Gasteiger partial charge in [-0.3, -0.25) is 14.8 Å². The molecule has 0 aromatic carbocycles. The predicted molar refractivity (Wildman–Crippen MR) is 59.8 cm³/mol. The van der Waals surface area contributed by atoms with Crippen LogP contribution in [0.3, 0.4) is 0 Å². The number of nitrogens with zero attached hydrogens (tertiary/aromatic N) is 5. The fourth-order valence-corrected chi connectivity index (χ4v) is 1.10. The molecule has 0 spiro atoms. The fraction of sp³-hybridized carbons (Fsp3) is 0.200. The molecule has 2 aromatic rings. The second-order valence-electron chi connectivity index (χ2n) is 3.28. The Morgan fingerprint density at radius 3 is 2.94 bits per heavy atom. The number of rotatable bonds is 3. The summed E-state index contributed by atoms with van der Waals surface area (Å²) in [6.45, 7) is 1.90. The van der Waals surface area contributed by atoms with E-state index in [4.69, 9.17) is 0 Å². The van der Waals surface area contributed by atoms with Gasteiger partial charge < -0.3 is 0 Å². The van der Waals surface area contributed by atoms with Gasteiger partial charge in [0.15, 0.2) is 0 Å². The highest BCUT2D eigenvalue weighted by Gasteiger charge is 1.97. The Morgan fingerprint density at radius 1 is 1.35 bits per heavy atom. The summed E-state index contributed by atoms with van der Waals surface area (Å²) in [5.41, 5.74) is 0.777. The zero-order valence-electron chi connectivity index (χ0n) is 9.16. The van der Waals surface area contributed by atoms with Gasteiger partial charge in [0.05, 0.1) is 5.69 Å². The van der Waals surface area contributed by atoms with Gasteiger partial charge in [0.2, 0.25) is 0 Å². The van der Waals surface area contributed by atoms with E-state index in [2.05, 4.69) is 30.4 Å². The highest BCUT2D eigenvalue weighted by Crippen LogP contribution is 2.01. The van der Waals surface area contributed by atoms with Crippen molar-refractivity contribution in [2.75, 3.05) is 0 Å². The van der Waals surface area contributed by atoms with Crippen LogP contribution in [-0.2, 0) is 6.54 Å². The average Bonchev–Trinajstić information content (AvgIpc) is 2.35. The SMILES string of the molecule is Cc1nnc(N=NCc2ccccn2)[nH]c1=O. The summed E-state index contributed by atoms with van der Waals surface area (Å²) in [6.07, 6.45) is 1.68. The van der Waals surface area contributed by atoms with Crippen LogP contribution in [-0.4, -0.2) is 20.2 Å². The minimum atomic E-state index is -0.313. The second kappa shape index (κ2) is 5.06. The van der Waals surface area contributed by atoms with Gasteiger partial charge in [-0.05, 0) is 19.1 Å². The minimum Gasteiger partial charge on any atom is -0.287 e. The van der Waals surface area contributed by atoms with Crippen LogP contribution in [0, 0.1) is 6.92 Å². The third kappa shape index (κ3) is 3.00. The lowest BCUT2D eigenvalue weighted by Gasteiger charge is -1.93. The summed E-state index contributed by atoms with van der Waals surface area (Å²) >= 11 is 0. The molecule has 0 aliphatic rings. The molecule has 0 saturated carbocycles. The molecule has 2 heterocycles. The largest absolute Gasteiger partial charge is 0.287 e. The maximum absolute atomic E-state index is 11.2. The molecule has 2 aromatic heterocycles. The first-order chi connectivity index (χ1) is 8.25. The monoisotopic (exact) mass is 230 g/mol. The summed E-state index contributed by atoms with van der Waals surface area (Å²) in [6, 6.07) is 5.53. The molecular weight excluding hydrogens is 220 g/mol. The van der Waals surface area contributed by atoms with Crippen molar-refractivity contribution < 1.29 is 0 Å². The summed E-state index contributed by atoms with van der Waals surface area (Å²) in [5.74, 6) is 0.0940. The summed E-state index contributed by atoms with van der Waals surface area (Å²) in [7, 11) is 0. The summed E-state index contributed by atoms with van der Waals surface area (Å²) in [4.78, 5) is 17.7. The normalized spacial score (nSPS) is 10.9. The van der Waals surface area contributed by atoms with E-state index in [0.29, 0.717) is 12.2 Å². The van der Waals surface area contributed by atoms with Gasteiger partial charge >= 0.3 is 0 Å². The fourth-order valence-electron chi connectivity index (χ4n) is 1.10. The van der Waals surface area contributed by atoms with Gasteiger partial charge in [0, 0.05) is 6.20 Å². The Kier molecular flexibility index (Phi) is 3.29. The molecule has 0 bridgehead atoms. The zero-order valence-corrected chi connectivity index (χ0v) is 9.16. The van der Waals surface area contributed by atoms with E-state index >= 15 is 0 Å². The Balaban J connectivity index is 2.06. The number of aryl methyl sites for hydroxylation is 1. The van der Waals surface area contributed by atoms with Crippen LogP contribution in [0.2, 0.25) is 0 Å². The standard InChI is InChI=1S/C10H10N6O/c1-7-9(17)13-10(16-14-7)15-12-6-8-4-2-3-5-11-8/h2-5H,6H2,1H3,(H,13,16,17). The number of H-pyrrole nitrogens is 1. The third-order valence-corrected chi connectivity index (χ3v) is 1.97. The molecule has 0 aliphatic heterocycles. The molecule has 1 N–H and O–H groups in total. The average molecular weight is 230 g/mol. The Morgan fingerprint density at radius 2 is 2.24 bits per heavy atom. The van der Waals surface area contributed by atoms with Crippen LogP contribution >= 0.6 is 0 Å². The highest BCUT2D eigenvalue weighted by atomic mass is 16.1. The Hall–Kier alpha value is -2.44. The molecule has 0 atom stereocenters. The topological polar surface area (TPSA) is 96.2 Å². The van der Waals surface area contributed by atoms with Crippen molar-refractivity contribution in [1.29, 1.82) is 0 Å². The van der Waals surface area contributed by atoms with E-state index in [-0.39, 0.29) is 11.5 Å². The van der Waals surface area contributed by atoms with Gasteiger partial charge in [-0.15, -0.1) is 15.3 Å². The van der Waals surface area contributed by atoms with Crippen LogP contribution in [0.5, 0.6) is 0 Å². The minimum absolute atomic E-state index is 0.0940. The van der Waals surface area contributed by atoms with Crippen molar-refractivity contribution in [3.63, 3.8) is 0 Å². The van der Waals surface area contributed by atoms with Gasteiger partial charge in [0.25, 0.3) is 11.5 Å². The van der Waals surface area contributed by atoms with Gasteiger partial charge in [0.1, 0.15) is 12.2 Å². The first kappa shape index (κ1) is 11.1. The summed E-state index contributed by atoms with van der Waals surface area (Å²) < 4.78 is 0. The lowest BCUT2D eigenvalue weighted by atomic mass is 10.4. The molecule has 2 rings (SSSR count). The van der Waals surface area contributed by atoms with E-state index < -0.39 is 0 Å². The Bertz CT molecular complexity index is 577. The molecule has 0 fully saturated rings. The molecule has 0 saturated heterocycles. The van der Waals surface area contributed by atoms with E-state index in [9.17, 15) is 4.79 Å². The molecule has 7 heteroatoms. The molecule has 0 radical (unpaired) electrons. The van der Waals surface area contributed by atoms with Crippen molar-refractivity contribution >= 4 is 5.95 Å². The lowest BCUT2D eigenvalue weighted by molar-refractivity contribution is 0.843. The number of pyridine rings is 1. The van der Waals surface area contributed by atoms with E-state index in [0.717, 1.165) is 5.69 Å². The molecular formula is C10H10N6O. The summed E-state index contributed by atoms with van der Waals surface area (Å²) in [5, 5.41) is 15.0. The second-order valence-corrected chi connectivity index (χ2v) is 3.28. The first-order valence-electron chi connectivity index (χ1n) is 4.97. The van der Waals surface area contributed by atoms with Crippen molar-refractivity contribution in [1.82, 2.24) is 20.2 Å². The number of nitrogens with one attached hydrogen (secondary N) is 1. The molecule has 17 heavy (non-hydrogen) atoms. The van der Waals surface area contributed by atoms with Crippen molar-refractivity contribution in [3.8, 4) is 0 Å². The molecule has 86 valence electrons. The molecule has 0 unspecified atom stereocenters. The predicted octanol–water partition coefficient (Wildman–Crippen LogP) is 1.15. The van der Waals surface area contributed by atoms with E-state index in [1.54, 1.807) is 13.1 Å². The number of azo groups is 1. The molecule has 0 amide bonds. The number of hydrogen-bond acceptors (Lipinski definition) is 6. The van der Waals surface area contributed by atoms with Crippen molar-refractivity contribution in [2.24, 2.45) is 10.2 Å². The van der Waals surface area contributed by atoms with Crippen molar-refractivity contribution in [2.45, 2.75) is 13.5 Å². The van der Waals surface area contributed by atoms with Crippen LogP contribution in [0.15, 0.2) is 39.4 Å². The molecule has 7 nitrogen and oxygen atoms in total. The number of aromatic amines is 1. The van der Waals surface area contributed by atoms with Crippen LogP contribution in [0.25, 0.3) is 0 Å². The first-order valence-corrected chi connectivity index (χ1v) is 4.97. The zero-order chi connectivity index (χ0) is 12.1. The quantitative estimate of drug-likeness (QED) is 0.800. The highest BCUT2D eigenvalue weighted by molar-refractivity contribution is 5.10. The van der Waals surface area contributed by atoms with Crippen LogP contribution in [0.1, 0.15) is 11.4 Å². The molecule has 0 aliphatic carbocycles. The van der Waals surface area contributed by atoms with E-state index in [1.807, 2.05) is 18.2 Å². The number of hydrogen-bond donors (Lipinski definition) is 1. The van der Waals surface area contributed by atoms with Gasteiger partial charge in [-0.2, -0.15) is 5.11 Å². The Labute approximate surface area is 96.7 Å². The maximum atomic E-state index is 11.2. The van der Waals surface area contributed by atoms with Gasteiger partial charge in [-0.25, -0.2) is 0 Å². The maximum Gasteiger partial charge on any atom is 0.274 e. The van der Waals surface area contributed by atoms with Crippen LogP contribution < -0.4 is 5.56 Å². The smallest absolute Gasteiger partial charge is 0.274 e. The lowest BCUT2D eigenvalue weighted by Crippen LogP contribution is -2.12. The third-order valence-electron chi connectivity index (χ3n) is 1.97. The van der Waals surface area contributed by atoms with Crippen LogP contribution in [0.4, 0.5) is 5.95 Å². The van der Waals surface area contributed by atoms with Crippen molar-refractivity contribution in [3.05, 3.63) is 46.1 Å². The number of aromatic nitrogens is 4. The van der Waals surface area contributed by atoms with E-state index in [1.165, 1.54) is 0 Å². The van der Waals surface area contributed by atoms with Gasteiger partial charge in [-0.1, -0.05) is 6.07 Å².